The summed E-state index contributed by atoms with van der Waals surface area (Å²) in [7, 11) is 5.46. The van der Waals surface area contributed by atoms with Gasteiger partial charge in [0.15, 0.2) is 0 Å². The molecule has 8 nitrogen and oxygen atoms in total. The highest BCUT2D eigenvalue weighted by Gasteiger charge is 2.33. The molecule has 3 N–H and O–H groups in total. The fourth-order valence-corrected chi connectivity index (χ4v) is 2.31. The molecule has 2 rings (SSSR count). The Kier molecular flexibility index (Phi) is 4.01. The van der Waals surface area contributed by atoms with E-state index in [1.54, 1.807) is 0 Å². The summed E-state index contributed by atoms with van der Waals surface area (Å²) < 4.78 is 5.00. The fraction of sp³-hybridized carbons (Fsp3) is 0.727. The number of rotatable bonds is 4. The van der Waals surface area contributed by atoms with Gasteiger partial charge in [-0.15, -0.1) is 0 Å². The van der Waals surface area contributed by atoms with E-state index in [9.17, 15) is 5.11 Å². The highest BCUT2D eigenvalue weighted by atomic mass is 16.5. The Morgan fingerprint density at radius 3 is 2.79 bits per heavy atom. The van der Waals surface area contributed by atoms with E-state index >= 15 is 0 Å². The van der Waals surface area contributed by atoms with Crippen molar-refractivity contribution in [2.45, 2.75) is 18.6 Å². The first kappa shape index (κ1) is 13.8. The Bertz CT molecular complexity index is 441. The van der Waals surface area contributed by atoms with Crippen LogP contribution in [0.1, 0.15) is 6.42 Å². The second kappa shape index (κ2) is 5.54. The first-order valence-electron chi connectivity index (χ1n) is 6.14. The molecule has 1 aliphatic rings. The third-order valence-electron chi connectivity index (χ3n) is 3.03. The molecular weight excluding hydrogens is 248 g/mol. The van der Waals surface area contributed by atoms with E-state index in [-0.39, 0.29) is 24.1 Å². The minimum Gasteiger partial charge on any atom is -0.467 e. The summed E-state index contributed by atoms with van der Waals surface area (Å²) in [4.78, 5) is 16.2. The van der Waals surface area contributed by atoms with Crippen molar-refractivity contribution in [2.24, 2.45) is 0 Å². The lowest BCUT2D eigenvalue weighted by atomic mass is 10.2. The average molecular weight is 268 g/mol. The number of aliphatic hydroxyl groups is 1. The number of aliphatic hydroxyl groups excluding tert-OH is 1. The Morgan fingerprint density at radius 2 is 2.16 bits per heavy atom. The quantitative estimate of drug-likeness (QED) is 0.714. The standard InChI is InChI=1S/C11H20N6O2/c1-16(2)5-7-4-8(18)6-17(7)10-13-9(12)14-11(15-10)19-3/h7-8,18H,4-6H2,1-3H3,(H2,12,13,14,15). The van der Waals surface area contributed by atoms with Crippen molar-refractivity contribution in [1.29, 1.82) is 0 Å². The molecule has 2 heterocycles. The van der Waals surface area contributed by atoms with Crippen molar-refractivity contribution in [3.8, 4) is 6.01 Å². The lowest BCUT2D eigenvalue weighted by Gasteiger charge is -2.26. The van der Waals surface area contributed by atoms with Gasteiger partial charge in [-0.05, 0) is 20.5 Å². The van der Waals surface area contributed by atoms with Gasteiger partial charge in [-0.25, -0.2) is 0 Å². The van der Waals surface area contributed by atoms with E-state index in [2.05, 4.69) is 19.9 Å². The molecule has 0 bridgehead atoms. The number of nitrogens with zero attached hydrogens (tertiary/aromatic N) is 5. The van der Waals surface area contributed by atoms with E-state index in [0.29, 0.717) is 18.9 Å². The summed E-state index contributed by atoms with van der Waals surface area (Å²) in [6.07, 6.45) is 0.306. The Morgan fingerprint density at radius 1 is 1.42 bits per heavy atom. The molecule has 1 aromatic rings. The Labute approximate surface area is 112 Å². The molecule has 0 radical (unpaired) electrons. The van der Waals surface area contributed by atoms with E-state index in [4.69, 9.17) is 10.5 Å². The molecule has 0 saturated carbocycles. The molecule has 0 aliphatic carbocycles. The molecule has 1 aromatic heterocycles. The van der Waals surface area contributed by atoms with Crippen LogP contribution in [0.25, 0.3) is 0 Å². The molecule has 2 unspecified atom stereocenters. The maximum Gasteiger partial charge on any atom is 0.322 e. The minimum absolute atomic E-state index is 0.117. The van der Waals surface area contributed by atoms with Crippen molar-refractivity contribution in [3.05, 3.63) is 0 Å². The zero-order chi connectivity index (χ0) is 14.0. The van der Waals surface area contributed by atoms with Crippen LogP contribution in [-0.2, 0) is 0 Å². The summed E-state index contributed by atoms with van der Waals surface area (Å²) >= 11 is 0. The SMILES string of the molecule is COc1nc(N)nc(N2CC(O)CC2CN(C)C)n1. The zero-order valence-electron chi connectivity index (χ0n) is 11.4. The summed E-state index contributed by atoms with van der Waals surface area (Å²) in [5, 5.41) is 9.85. The van der Waals surface area contributed by atoms with Crippen LogP contribution in [0.2, 0.25) is 0 Å². The van der Waals surface area contributed by atoms with E-state index in [0.717, 1.165) is 6.54 Å². The summed E-state index contributed by atoms with van der Waals surface area (Å²) in [6.45, 7) is 1.30. The molecule has 8 heteroatoms. The molecule has 19 heavy (non-hydrogen) atoms. The molecule has 1 fully saturated rings. The number of β-amino-alcohol motifs (C(OH)–C–C–N with tert-alkyl or cyclic N) is 1. The first-order chi connectivity index (χ1) is 8.99. The number of hydrogen-bond donors (Lipinski definition) is 2. The van der Waals surface area contributed by atoms with Crippen molar-refractivity contribution < 1.29 is 9.84 Å². The smallest absolute Gasteiger partial charge is 0.322 e. The fourth-order valence-electron chi connectivity index (χ4n) is 2.31. The first-order valence-corrected chi connectivity index (χ1v) is 6.14. The minimum atomic E-state index is -0.381. The van der Waals surface area contributed by atoms with Crippen molar-refractivity contribution in [2.75, 3.05) is 44.9 Å². The van der Waals surface area contributed by atoms with Crippen LogP contribution in [0, 0.1) is 0 Å². The monoisotopic (exact) mass is 268 g/mol. The second-order valence-corrected chi connectivity index (χ2v) is 4.94. The van der Waals surface area contributed by atoms with Gasteiger partial charge in [0.05, 0.1) is 13.2 Å². The van der Waals surface area contributed by atoms with Crippen molar-refractivity contribution >= 4 is 11.9 Å². The molecule has 0 spiro atoms. The van der Waals surface area contributed by atoms with E-state index < -0.39 is 0 Å². The maximum atomic E-state index is 9.85. The number of ether oxygens (including phenoxy) is 1. The van der Waals surface area contributed by atoms with Crippen LogP contribution in [0.5, 0.6) is 6.01 Å². The van der Waals surface area contributed by atoms with Crippen LogP contribution in [0.4, 0.5) is 11.9 Å². The largest absolute Gasteiger partial charge is 0.467 e. The molecule has 1 saturated heterocycles. The summed E-state index contributed by atoms with van der Waals surface area (Å²) in [6, 6.07) is 0.337. The van der Waals surface area contributed by atoms with Gasteiger partial charge in [-0.1, -0.05) is 0 Å². The van der Waals surface area contributed by atoms with Gasteiger partial charge in [0, 0.05) is 19.1 Å². The van der Waals surface area contributed by atoms with Gasteiger partial charge in [0.2, 0.25) is 11.9 Å². The predicted molar refractivity (Wildman–Crippen MR) is 71.1 cm³/mol. The highest BCUT2D eigenvalue weighted by Crippen LogP contribution is 2.24. The lowest BCUT2D eigenvalue weighted by molar-refractivity contribution is 0.191. The van der Waals surface area contributed by atoms with Crippen LogP contribution in [0.15, 0.2) is 0 Å². The van der Waals surface area contributed by atoms with Crippen LogP contribution in [-0.4, -0.2) is 71.4 Å². The Balaban J connectivity index is 2.25. The van der Waals surface area contributed by atoms with E-state index in [1.807, 2.05) is 19.0 Å². The molecular formula is C11H20N6O2. The number of hydrogen-bond acceptors (Lipinski definition) is 8. The number of anilines is 2. The summed E-state index contributed by atoms with van der Waals surface area (Å²) in [5.74, 6) is 0.569. The number of methoxy groups -OCH3 is 1. The zero-order valence-corrected chi connectivity index (χ0v) is 11.4. The molecule has 106 valence electrons. The van der Waals surface area contributed by atoms with Crippen LogP contribution < -0.4 is 15.4 Å². The van der Waals surface area contributed by atoms with Crippen LogP contribution in [0.3, 0.4) is 0 Å². The van der Waals surface area contributed by atoms with Gasteiger partial charge in [0.25, 0.3) is 0 Å². The number of nitrogens with two attached hydrogens (primary N) is 1. The van der Waals surface area contributed by atoms with Gasteiger partial charge >= 0.3 is 6.01 Å². The average Bonchev–Trinajstić information content (AvgIpc) is 2.68. The van der Waals surface area contributed by atoms with Gasteiger partial charge in [-0.2, -0.15) is 15.0 Å². The number of aromatic nitrogens is 3. The maximum absolute atomic E-state index is 9.85. The third-order valence-corrected chi connectivity index (χ3v) is 3.03. The van der Waals surface area contributed by atoms with Crippen molar-refractivity contribution in [1.82, 2.24) is 19.9 Å². The number of nitrogen functional groups attached to an aromatic ring is 1. The lowest BCUT2D eigenvalue weighted by Crippen LogP contribution is -2.38. The Hall–Kier alpha value is -1.67. The van der Waals surface area contributed by atoms with Gasteiger partial charge in [-0.3, -0.25) is 0 Å². The number of likely N-dealkylation sites (N-methyl/N-ethyl adjacent to an activating group) is 1. The summed E-state index contributed by atoms with van der Waals surface area (Å²) in [5.41, 5.74) is 5.64. The van der Waals surface area contributed by atoms with Gasteiger partial charge < -0.3 is 25.4 Å². The molecule has 2 atom stereocenters. The second-order valence-electron chi connectivity index (χ2n) is 4.94. The third kappa shape index (κ3) is 3.21. The van der Waals surface area contributed by atoms with E-state index in [1.165, 1.54) is 7.11 Å². The highest BCUT2D eigenvalue weighted by molar-refractivity contribution is 5.39. The molecule has 0 aromatic carbocycles. The van der Waals surface area contributed by atoms with Gasteiger partial charge in [0.1, 0.15) is 0 Å². The molecule has 0 amide bonds. The van der Waals surface area contributed by atoms with Crippen molar-refractivity contribution in [3.63, 3.8) is 0 Å². The van der Waals surface area contributed by atoms with Crippen LogP contribution >= 0.6 is 0 Å². The topological polar surface area (TPSA) is 101 Å². The normalized spacial score (nSPS) is 23.1. The predicted octanol–water partition coefficient (Wildman–Crippen LogP) is -1.04. The molecule has 1 aliphatic heterocycles.